The molecule has 1 heterocycles. The molecule has 4 heteroatoms. The fourth-order valence-corrected chi connectivity index (χ4v) is 1.71. The molecule has 3 N–H and O–H groups in total. The predicted octanol–water partition coefficient (Wildman–Crippen LogP) is -0.189. The van der Waals surface area contributed by atoms with Crippen molar-refractivity contribution in [3.63, 3.8) is 0 Å². The lowest BCUT2D eigenvalue weighted by Crippen LogP contribution is -2.56. The van der Waals surface area contributed by atoms with E-state index >= 15 is 0 Å². The van der Waals surface area contributed by atoms with Crippen LogP contribution in [-0.2, 0) is 4.79 Å². The van der Waals surface area contributed by atoms with Gasteiger partial charge in [0.05, 0.1) is 6.04 Å². The lowest BCUT2D eigenvalue weighted by atomic mass is 9.97. The van der Waals surface area contributed by atoms with Gasteiger partial charge < -0.3 is 15.7 Å². The minimum atomic E-state index is -0.366. The van der Waals surface area contributed by atoms with Crippen molar-refractivity contribution in [1.82, 2.24) is 4.90 Å². The van der Waals surface area contributed by atoms with E-state index in [-0.39, 0.29) is 24.5 Å². The van der Waals surface area contributed by atoms with Crippen LogP contribution in [-0.4, -0.2) is 41.7 Å². The highest BCUT2D eigenvalue weighted by Gasteiger charge is 2.32. The van der Waals surface area contributed by atoms with Crippen LogP contribution >= 0.6 is 0 Å². The first kappa shape index (κ1) is 11.5. The van der Waals surface area contributed by atoms with Crippen LogP contribution < -0.4 is 5.73 Å². The molecule has 0 aliphatic carbocycles. The Bertz CT molecular complexity index is 200. The third-order valence-corrected chi connectivity index (χ3v) is 2.57. The van der Waals surface area contributed by atoms with E-state index in [4.69, 9.17) is 10.8 Å². The second-order valence-electron chi connectivity index (χ2n) is 4.53. The number of nitrogens with zero attached hydrogens (tertiary/aromatic N) is 1. The van der Waals surface area contributed by atoms with Gasteiger partial charge in [-0.15, -0.1) is 0 Å². The molecule has 1 aliphatic heterocycles. The second-order valence-corrected chi connectivity index (χ2v) is 4.53. The average Bonchev–Trinajstić information content (AvgIpc) is 2.00. The van der Waals surface area contributed by atoms with Crippen LogP contribution in [0, 0.1) is 11.8 Å². The number of hydrogen-bond acceptors (Lipinski definition) is 3. The number of nitrogens with two attached hydrogens (primary N) is 1. The smallest absolute Gasteiger partial charge is 0.239 e. The van der Waals surface area contributed by atoms with Crippen molar-refractivity contribution in [1.29, 1.82) is 0 Å². The molecule has 1 aliphatic rings. The van der Waals surface area contributed by atoms with E-state index in [9.17, 15) is 4.79 Å². The standard InChI is InChI=1S/C10H20N2O2/c1-7(2)3-9(11)10(14)12-4-8(5-12)6-13/h7-9,13H,3-6,11H2,1-2H3/t9-/m0/s1. The molecule has 0 spiro atoms. The van der Waals surface area contributed by atoms with Crippen LogP contribution in [0.15, 0.2) is 0 Å². The van der Waals surface area contributed by atoms with Gasteiger partial charge in [-0.3, -0.25) is 4.79 Å². The molecule has 0 aromatic carbocycles. The normalized spacial score (nSPS) is 19.6. The van der Waals surface area contributed by atoms with Crippen molar-refractivity contribution in [3.05, 3.63) is 0 Å². The Morgan fingerprint density at radius 1 is 1.57 bits per heavy atom. The Hall–Kier alpha value is -0.610. The Kier molecular flexibility index (Phi) is 3.89. The lowest BCUT2D eigenvalue weighted by Gasteiger charge is -2.39. The van der Waals surface area contributed by atoms with Crippen molar-refractivity contribution < 1.29 is 9.90 Å². The predicted molar refractivity (Wildman–Crippen MR) is 54.6 cm³/mol. The van der Waals surface area contributed by atoms with Gasteiger partial charge in [-0.25, -0.2) is 0 Å². The monoisotopic (exact) mass is 200 g/mol. The van der Waals surface area contributed by atoms with Crippen molar-refractivity contribution in [3.8, 4) is 0 Å². The summed E-state index contributed by atoms with van der Waals surface area (Å²) in [5.41, 5.74) is 5.76. The summed E-state index contributed by atoms with van der Waals surface area (Å²) in [5, 5.41) is 8.80. The second kappa shape index (κ2) is 4.75. The molecule has 1 amide bonds. The number of carbonyl (C=O) groups excluding carboxylic acids is 1. The van der Waals surface area contributed by atoms with E-state index in [1.54, 1.807) is 4.90 Å². The number of hydrogen-bond donors (Lipinski definition) is 2. The molecule has 1 fully saturated rings. The van der Waals surface area contributed by atoms with Gasteiger partial charge in [0.15, 0.2) is 0 Å². The van der Waals surface area contributed by atoms with Crippen LogP contribution in [0.3, 0.4) is 0 Å². The van der Waals surface area contributed by atoms with Crippen LogP contribution in [0.1, 0.15) is 20.3 Å². The summed E-state index contributed by atoms with van der Waals surface area (Å²) in [6.07, 6.45) is 0.735. The third kappa shape index (κ3) is 2.69. The Morgan fingerprint density at radius 3 is 2.57 bits per heavy atom. The number of likely N-dealkylation sites (tertiary alicyclic amines) is 1. The van der Waals surface area contributed by atoms with Crippen LogP contribution in [0.2, 0.25) is 0 Å². The summed E-state index contributed by atoms with van der Waals surface area (Å²) in [5.74, 6) is 0.748. The number of aliphatic hydroxyl groups excluding tert-OH is 1. The molecule has 0 saturated carbocycles. The van der Waals surface area contributed by atoms with E-state index in [0.29, 0.717) is 19.0 Å². The maximum atomic E-state index is 11.6. The van der Waals surface area contributed by atoms with Crippen molar-refractivity contribution in [2.24, 2.45) is 17.6 Å². The van der Waals surface area contributed by atoms with Gasteiger partial charge in [-0.05, 0) is 12.3 Å². The van der Waals surface area contributed by atoms with Gasteiger partial charge in [0.25, 0.3) is 0 Å². The summed E-state index contributed by atoms with van der Waals surface area (Å²) in [6, 6.07) is -0.366. The maximum absolute atomic E-state index is 11.6. The third-order valence-electron chi connectivity index (χ3n) is 2.57. The molecule has 0 aromatic heterocycles. The average molecular weight is 200 g/mol. The van der Waals surface area contributed by atoms with E-state index in [2.05, 4.69) is 13.8 Å². The zero-order valence-corrected chi connectivity index (χ0v) is 8.94. The fourth-order valence-electron chi connectivity index (χ4n) is 1.71. The molecule has 0 unspecified atom stereocenters. The van der Waals surface area contributed by atoms with Gasteiger partial charge in [0.2, 0.25) is 5.91 Å². The van der Waals surface area contributed by atoms with Crippen LogP contribution in [0.5, 0.6) is 0 Å². The Morgan fingerprint density at radius 2 is 2.14 bits per heavy atom. The van der Waals surface area contributed by atoms with Gasteiger partial charge in [-0.1, -0.05) is 13.8 Å². The summed E-state index contributed by atoms with van der Waals surface area (Å²) >= 11 is 0. The van der Waals surface area contributed by atoms with Gasteiger partial charge in [-0.2, -0.15) is 0 Å². The molecule has 0 bridgehead atoms. The Balaban J connectivity index is 2.28. The number of aliphatic hydroxyl groups is 1. The number of rotatable bonds is 4. The van der Waals surface area contributed by atoms with Crippen molar-refractivity contribution in [2.75, 3.05) is 19.7 Å². The highest BCUT2D eigenvalue weighted by Crippen LogP contribution is 2.16. The number of carbonyl (C=O) groups is 1. The molecule has 1 saturated heterocycles. The fraction of sp³-hybridized carbons (Fsp3) is 0.900. The van der Waals surface area contributed by atoms with Gasteiger partial charge in [0, 0.05) is 25.6 Å². The van der Waals surface area contributed by atoms with Crippen LogP contribution in [0.4, 0.5) is 0 Å². The molecular weight excluding hydrogens is 180 g/mol. The van der Waals surface area contributed by atoms with E-state index < -0.39 is 0 Å². The summed E-state index contributed by atoms with van der Waals surface area (Å²) < 4.78 is 0. The molecule has 14 heavy (non-hydrogen) atoms. The van der Waals surface area contributed by atoms with Crippen molar-refractivity contribution in [2.45, 2.75) is 26.3 Å². The Labute approximate surface area is 85.1 Å². The quantitative estimate of drug-likeness (QED) is 0.661. The minimum absolute atomic E-state index is 0.0309. The van der Waals surface area contributed by atoms with Gasteiger partial charge >= 0.3 is 0 Å². The van der Waals surface area contributed by atoms with E-state index in [1.165, 1.54) is 0 Å². The van der Waals surface area contributed by atoms with Gasteiger partial charge in [0.1, 0.15) is 0 Å². The molecular formula is C10H20N2O2. The lowest BCUT2D eigenvalue weighted by molar-refractivity contribution is -0.140. The minimum Gasteiger partial charge on any atom is -0.396 e. The largest absolute Gasteiger partial charge is 0.396 e. The SMILES string of the molecule is CC(C)C[C@H](N)C(=O)N1CC(CO)C1. The topological polar surface area (TPSA) is 66.6 Å². The first-order chi connectivity index (χ1) is 6.54. The zero-order chi connectivity index (χ0) is 10.7. The van der Waals surface area contributed by atoms with Crippen LogP contribution in [0.25, 0.3) is 0 Å². The zero-order valence-electron chi connectivity index (χ0n) is 8.94. The van der Waals surface area contributed by atoms with E-state index in [1.807, 2.05) is 0 Å². The first-order valence-electron chi connectivity index (χ1n) is 5.19. The molecule has 1 rings (SSSR count). The van der Waals surface area contributed by atoms with Crippen molar-refractivity contribution >= 4 is 5.91 Å². The highest BCUT2D eigenvalue weighted by atomic mass is 16.3. The van der Waals surface area contributed by atoms with E-state index in [0.717, 1.165) is 6.42 Å². The molecule has 1 atom stereocenters. The molecule has 4 nitrogen and oxygen atoms in total. The summed E-state index contributed by atoms with van der Waals surface area (Å²) in [4.78, 5) is 13.4. The maximum Gasteiger partial charge on any atom is 0.239 e. The molecule has 0 radical (unpaired) electrons. The molecule has 0 aromatic rings. The first-order valence-corrected chi connectivity index (χ1v) is 5.19. The highest BCUT2D eigenvalue weighted by molar-refractivity contribution is 5.82. The molecule has 82 valence electrons. The summed E-state index contributed by atoms with van der Waals surface area (Å²) in [7, 11) is 0. The number of amides is 1. The summed E-state index contributed by atoms with van der Waals surface area (Å²) in [6.45, 7) is 5.62.